The van der Waals surface area contributed by atoms with Gasteiger partial charge in [0.2, 0.25) is 0 Å². The van der Waals surface area contributed by atoms with Crippen molar-refractivity contribution in [2.24, 2.45) is 0 Å². The Balaban J connectivity index is 0.00000200. The molecule has 0 aliphatic heterocycles. The third kappa shape index (κ3) is 3.48. The maximum absolute atomic E-state index is 6.15. The van der Waals surface area contributed by atoms with Crippen LogP contribution in [0.1, 0.15) is 26.3 Å². The molecule has 0 aliphatic rings. The summed E-state index contributed by atoms with van der Waals surface area (Å²) in [7, 11) is 0. The molecule has 5 heteroatoms. The van der Waals surface area contributed by atoms with Gasteiger partial charge in [0, 0.05) is 10.9 Å². The minimum absolute atomic E-state index is 0. The van der Waals surface area contributed by atoms with Gasteiger partial charge in [0.25, 0.3) is 0 Å². The molecular weight excluding hydrogens is 338 g/mol. The lowest BCUT2D eigenvalue weighted by molar-refractivity contribution is -0.936. The van der Waals surface area contributed by atoms with Crippen LogP contribution < -0.4 is 17.0 Å². The molecule has 2 rings (SSSR count). The summed E-state index contributed by atoms with van der Waals surface area (Å²) in [6.07, 6.45) is 1.51. The molecule has 0 unspecified atom stereocenters. The number of halogens is 2. The first-order valence-corrected chi connectivity index (χ1v) is 7.26. The molecule has 0 fully saturated rings. The van der Waals surface area contributed by atoms with Gasteiger partial charge in [-0.15, -0.1) is 0 Å². The number of hydrogen-bond donors (Lipinski definition) is 0. The van der Waals surface area contributed by atoms with Crippen LogP contribution in [0, 0.1) is 0 Å². The van der Waals surface area contributed by atoms with Crippen molar-refractivity contribution in [1.82, 2.24) is 9.97 Å². The van der Waals surface area contributed by atoms with Gasteiger partial charge in [0.1, 0.15) is 18.0 Å². The van der Waals surface area contributed by atoms with E-state index in [9.17, 15) is 0 Å². The molecule has 110 valence electrons. The zero-order valence-electron chi connectivity index (χ0n) is 12.2. The number of fused-ring (bicyclic) bond motifs is 1. The Morgan fingerprint density at radius 2 is 1.70 bits per heavy atom. The predicted molar refractivity (Wildman–Crippen MR) is 80.1 cm³/mol. The Morgan fingerprint density at radius 1 is 1.05 bits per heavy atom. The van der Waals surface area contributed by atoms with E-state index >= 15 is 0 Å². The lowest BCUT2D eigenvalue weighted by Gasteiger charge is -2.35. The molecule has 0 spiro atoms. The maximum Gasteiger partial charge on any atom is 0.140 e. The highest BCUT2D eigenvalue weighted by Crippen LogP contribution is 2.22. The van der Waals surface area contributed by atoms with Crippen molar-refractivity contribution in [3.05, 3.63) is 35.2 Å². The summed E-state index contributed by atoms with van der Waals surface area (Å²) < 4.78 is 1.09. The van der Waals surface area contributed by atoms with E-state index in [1.54, 1.807) is 0 Å². The van der Waals surface area contributed by atoms with Crippen LogP contribution >= 0.6 is 11.6 Å². The molecule has 0 amide bonds. The number of aromatic nitrogens is 2. The summed E-state index contributed by atoms with van der Waals surface area (Å²) in [4.78, 5) is 8.29. The van der Waals surface area contributed by atoms with Crippen molar-refractivity contribution in [1.29, 1.82) is 0 Å². The molecule has 20 heavy (non-hydrogen) atoms. The lowest BCUT2D eigenvalue weighted by atomic mass is 10.1. The summed E-state index contributed by atoms with van der Waals surface area (Å²) in [5.41, 5.74) is 2.21. The second-order valence-electron chi connectivity index (χ2n) is 4.96. The molecule has 0 saturated heterocycles. The summed E-state index contributed by atoms with van der Waals surface area (Å²) in [6, 6.07) is 6.32. The molecular formula is C15H21BrClN3. The van der Waals surface area contributed by atoms with E-state index in [2.05, 4.69) is 42.9 Å². The predicted octanol–water partition coefficient (Wildman–Crippen LogP) is 0.664. The topological polar surface area (TPSA) is 25.8 Å². The van der Waals surface area contributed by atoms with Gasteiger partial charge in [-0.3, -0.25) is 0 Å². The molecule has 0 radical (unpaired) electrons. The van der Waals surface area contributed by atoms with Gasteiger partial charge in [-0.2, -0.15) is 0 Å². The van der Waals surface area contributed by atoms with Crippen LogP contribution in [0.5, 0.6) is 0 Å². The third-order valence-electron chi connectivity index (χ3n) is 4.18. The molecule has 1 aromatic heterocycles. The Kier molecular flexibility index (Phi) is 6.37. The maximum atomic E-state index is 6.15. The Hall–Kier alpha value is -0.710. The highest BCUT2D eigenvalue weighted by Gasteiger charge is 2.21. The standard InChI is InChI=1S/C15H21ClN3.BrH/c1-4-19(5-2,6-3)10-12-7-8-14-13(9-12)15(16)18-11-17-14;/h7-9,11H,4-6,10H2,1-3H3;1H/q+1;/p-1. The van der Waals surface area contributed by atoms with Crippen molar-refractivity contribution in [2.75, 3.05) is 19.6 Å². The lowest BCUT2D eigenvalue weighted by Crippen LogP contribution is -3.00. The first-order valence-electron chi connectivity index (χ1n) is 6.88. The Morgan fingerprint density at radius 3 is 2.30 bits per heavy atom. The van der Waals surface area contributed by atoms with Gasteiger partial charge in [0.15, 0.2) is 0 Å². The first kappa shape index (κ1) is 17.3. The van der Waals surface area contributed by atoms with Gasteiger partial charge in [0.05, 0.1) is 25.2 Å². The van der Waals surface area contributed by atoms with Crippen LogP contribution in [0.2, 0.25) is 5.15 Å². The molecule has 1 aromatic carbocycles. The monoisotopic (exact) mass is 357 g/mol. The van der Waals surface area contributed by atoms with Crippen LogP contribution in [0.15, 0.2) is 24.5 Å². The van der Waals surface area contributed by atoms with E-state index in [0.29, 0.717) is 5.15 Å². The van der Waals surface area contributed by atoms with Crippen molar-refractivity contribution >= 4 is 22.5 Å². The van der Waals surface area contributed by atoms with E-state index in [1.165, 1.54) is 11.9 Å². The average Bonchev–Trinajstić information content (AvgIpc) is 2.46. The van der Waals surface area contributed by atoms with E-state index in [0.717, 1.165) is 41.6 Å². The third-order valence-corrected chi connectivity index (χ3v) is 4.48. The summed E-state index contributed by atoms with van der Waals surface area (Å²) >= 11 is 6.15. The minimum atomic E-state index is 0. The Bertz CT molecular complexity index is 562. The number of quaternary nitrogens is 1. The van der Waals surface area contributed by atoms with Crippen molar-refractivity contribution in [3.63, 3.8) is 0 Å². The first-order chi connectivity index (χ1) is 9.14. The van der Waals surface area contributed by atoms with E-state index < -0.39 is 0 Å². The largest absolute Gasteiger partial charge is 1.00 e. The highest BCUT2D eigenvalue weighted by molar-refractivity contribution is 6.34. The fourth-order valence-electron chi connectivity index (χ4n) is 2.56. The number of nitrogens with zero attached hydrogens (tertiary/aromatic N) is 3. The van der Waals surface area contributed by atoms with E-state index in [1.807, 2.05) is 6.07 Å². The summed E-state index contributed by atoms with van der Waals surface area (Å²) in [6.45, 7) is 11.2. The van der Waals surface area contributed by atoms with Gasteiger partial charge in [-0.1, -0.05) is 17.7 Å². The minimum Gasteiger partial charge on any atom is -1.00 e. The molecule has 0 saturated carbocycles. The molecule has 0 atom stereocenters. The van der Waals surface area contributed by atoms with Crippen LogP contribution in [-0.2, 0) is 6.54 Å². The van der Waals surface area contributed by atoms with Gasteiger partial charge >= 0.3 is 0 Å². The van der Waals surface area contributed by atoms with Gasteiger partial charge in [-0.05, 0) is 32.9 Å². The van der Waals surface area contributed by atoms with Crippen molar-refractivity contribution in [3.8, 4) is 0 Å². The normalized spacial score (nSPS) is 11.4. The smallest absolute Gasteiger partial charge is 0.140 e. The SMILES string of the molecule is CC[N+](CC)(CC)Cc1ccc2ncnc(Cl)c2c1.[Br-]. The molecule has 0 aliphatic carbocycles. The molecule has 0 bridgehead atoms. The molecule has 1 heterocycles. The van der Waals surface area contributed by atoms with E-state index in [4.69, 9.17) is 11.6 Å². The second-order valence-corrected chi connectivity index (χ2v) is 5.32. The van der Waals surface area contributed by atoms with Gasteiger partial charge in [-0.25, -0.2) is 9.97 Å². The summed E-state index contributed by atoms with van der Waals surface area (Å²) in [5.74, 6) is 0. The summed E-state index contributed by atoms with van der Waals surface area (Å²) in [5, 5.41) is 1.48. The fraction of sp³-hybridized carbons (Fsp3) is 0.467. The van der Waals surface area contributed by atoms with Crippen LogP contribution in [0.25, 0.3) is 10.9 Å². The number of benzene rings is 1. The molecule has 2 aromatic rings. The quantitative estimate of drug-likeness (QED) is 0.580. The molecule has 0 N–H and O–H groups in total. The van der Waals surface area contributed by atoms with Gasteiger partial charge < -0.3 is 21.5 Å². The Labute approximate surface area is 136 Å². The highest BCUT2D eigenvalue weighted by atomic mass is 79.9. The molecule has 3 nitrogen and oxygen atoms in total. The second kappa shape index (κ2) is 7.34. The zero-order chi connectivity index (χ0) is 13.9. The van der Waals surface area contributed by atoms with Crippen LogP contribution in [-0.4, -0.2) is 34.1 Å². The van der Waals surface area contributed by atoms with Crippen LogP contribution in [0.3, 0.4) is 0 Å². The fourth-order valence-corrected chi connectivity index (χ4v) is 2.76. The van der Waals surface area contributed by atoms with Crippen LogP contribution in [0.4, 0.5) is 0 Å². The zero-order valence-corrected chi connectivity index (χ0v) is 14.6. The average molecular weight is 359 g/mol. The number of hydrogen-bond acceptors (Lipinski definition) is 2. The van der Waals surface area contributed by atoms with Crippen molar-refractivity contribution in [2.45, 2.75) is 27.3 Å². The number of rotatable bonds is 5. The van der Waals surface area contributed by atoms with E-state index in [-0.39, 0.29) is 17.0 Å². The van der Waals surface area contributed by atoms with Crippen molar-refractivity contribution < 1.29 is 21.5 Å².